The quantitative estimate of drug-likeness (QED) is 0.235. The molecule has 0 aliphatic rings. The van der Waals surface area contributed by atoms with Gasteiger partial charge in [-0.15, -0.1) is 11.3 Å². The SMILES string of the molecule is c1ccc(-c2ccc3c(c2)c2cc(-c4ccccc4)ccc2n3-c2nccc3c2sc2ccccc23)cc1. The highest BCUT2D eigenvalue weighted by molar-refractivity contribution is 7.26. The highest BCUT2D eigenvalue weighted by Gasteiger charge is 2.18. The standard InChI is InChI=1S/C35H22N2S/c1-3-9-23(10-4-1)25-15-17-31-29(21-25)30-22-26(24-11-5-2-6-12-24)16-18-32(30)37(31)35-34-28(19-20-36-35)27-13-7-8-14-33(27)38-34/h1-22H. The molecule has 3 aromatic heterocycles. The molecule has 0 bridgehead atoms. The Balaban J connectivity index is 1.47. The van der Waals surface area contributed by atoms with Gasteiger partial charge in [0.2, 0.25) is 0 Å². The first-order valence-corrected chi connectivity index (χ1v) is 13.6. The Morgan fingerprint density at radius 1 is 0.474 bits per heavy atom. The Labute approximate surface area is 224 Å². The first-order valence-electron chi connectivity index (χ1n) is 12.8. The average molecular weight is 503 g/mol. The van der Waals surface area contributed by atoms with Gasteiger partial charge in [0.1, 0.15) is 0 Å². The third-order valence-corrected chi connectivity index (χ3v) is 8.65. The summed E-state index contributed by atoms with van der Waals surface area (Å²) in [4.78, 5) is 4.98. The molecule has 0 atom stereocenters. The monoisotopic (exact) mass is 502 g/mol. The molecule has 38 heavy (non-hydrogen) atoms. The fraction of sp³-hybridized carbons (Fsp3) is 0. The van der Waals surface area contributed by atoms with E-state index in [1.807, 2.05) is 17.5 Å². The van der Waals surface area contributed by atoms with Crippen molar-refractivity contribution in [1.29, 1.82) is 0 Å². The Morgan fingerprint density at radius 3 is 1.68 bits per heavy atom. The predicted molar refractivity (Wildman–Crippen MR) is 162 cm³/mol. The lowest BCUT2D eigenvalue weighted by atomic mass is 10.0. The largest absolute Gasteiger partial charge is 0.293 e. The molecule has 0 aliphatic heterocycles. The topological polar surface area (TPSA) is 17.8 Å². The lowest BCUT2D eigenvalue weighted by Crippen LogP contribution is -1.97. The maximum atomic E-state index is 4.98. The summed E-state index contributed by atoms with van der Waals surface area (Å²) in [5.41, 5.74) is 7.22. The zero-order valence-electron chi connectivity index (χ0n) is 20.5. The van der Waals surface area contributed by atoms with E-state index in [2.05, 4.69) is 132 Å². The van der Waals surface area contributed by atoms with Crippen LogP contribution in [0.15, 0.2) is 134 Å². The summed E-state index contributed by atoms with van der Waals surface area (Å²) in [7, 11) is 0. The van der Waals surface area contributed by atoms with Gasteiger partial charge in [-0.1, -0.05) is 91.0 Å². The molecule has 0 N–H and O–H groups in total. The Kier molecular flexibility index (Phi) is 4.73. The van der Waals surface area contributed by atoms with Crippen molar-refractivity contribution in [1.82, 2.24) is 9.55 Å². The third kappa shape index (κ3) is 3.22. The molecule has 3 heteroatoms. The molecule has 8 rings (SSSR count). The van der Waals surface area contributed by atoms with Crippen LogP contribution in [0.4, 0.5) is 0 Å². The van der Waals surface area contributed by atoms with Crippen molar-refractivity contribution in [2.45, 2.75) is 0 Å². The van der Waals surface area contributed by atoms with Crippen LogP contribution in [-0.4, -0.2) is 9.55 Å². The van der Waals surface area contributed by atoms with Crippen LogP contribution in [0.1, 0.15) is 0 Å². The van der Waals surface area contributed by atoms with Crippen LogP contribution in [0, 0.1) is 0 Å². The maximum absolute atomic E-state index is 4.98. The zero-order chi connectivity index (χ0) is 25.1. The smallest absolute Gasteiger partial charge is 0.155 e. The van der Waals surface area contributed by atoms with Crippen LogP contribution in [0.5, 0.6) is 0 Å². The highest BCUT2D eigenvalue weighted by atomic mass is 32.1. The van der Waals surface area contributed by atoms with Crippen molar-refractivity contribution in [3.63, 3.8) is 0 Å². The summed E-state index contributed by atoms with van der Waals surface area (Å²) >= 11 is 1.82. The number of pyridine rings is 1. The molecule has 5 aromatic carbocycles. The van der Waals surface area contributed by atoms with E-state index in [0.717, 1.165) is 5.82 Å². The summed E-state index contributed by atoms with van der Waals surface area (Å²) in [6.45, 7) is 0. The minimum Gasteiger partial charge on any atom is -0.293 e. The van der Waals surface area contributed by atoms with Crippen molar-refractivity contribution in [2.75, 3.05) is 0 Å². The van der Waals surface area contributed by atoms with E-state index in [4.69, 9.17) is 4.98 Å². The molecule has 0 fully saturated rings. The third-order valence-electron chi connectivity index (χ3n) is 7.47. The number of hydrogen-bond acceptors (Lipinski definition) is 2. The van der Waals surface area contributed by atoms with E-state index >= 15 is 0 Å². The molecule has 0 unspecified atom stereocenters. The normalized spacial score (nSPS) is 11.7. The fourth-order valence-electron chi connectivity index (χ4n) is 5.67. The van der Waals surface area contributed by atoms with Crippen LogP contribution in [0.25, 0.3) is 70.0 Å². The first kappa shape index (κ1) is 21.4. The first-order chi connectivity index (χ1) is 18.8. The number of fused-ring (bicyclic) bond motifs is 6. The van der Waals surface area contributed by atoms with E-state index in [9.17, 15) is 0 Å². The predicted octanol–water partition coefficient (Wildman–Crippen LogP) is 9.88. The zero-order valence-corrected chi connectivity index (χ0v) is 21.3. The molecule has 8 aromatic rings. The molecule has 0 radical (unpaired) electrons. The number of benzene rings is 5. The average Bonchev–Trinajstić information content (AvgIpc) is 3.53. The lowest BCUT2D eigenvalue weighted by Gasteiger charge is -2.09. The molecule has 2 nitrogen and oxygen atoms in total. The second kappa shape index (κ2) is 8.41. The van der Waals surface area contributed by atoms with Crippen LogP contribution >= 0.6 is 11.3 Å². The molecule has 3 heterocycles. The molecular weight excluding hydrogens is 480 g/mol. The molecule has 0 aliphatic carbocycles. The number of hydrogen-bond donors (Lipinski definition) is 0. The van der Waals surface area contributed by atoms with E-state index in [1.165, 1.54) is 64.2 Å². The Bertz CT molecular complexity index is 2020. The van der Waals surface area contributed by atoms with Crippen molar-refractivity contribution in [2.24, 2.45) is 0 Å². The van der Waals surface area contributed by atoms with Crippen molar-refractivity contribution in [3.05, 3.63) is 134 Å². The van der Waals surface area contributed by atoms with Gasteiger partial charge in [0.15, 0.2) is 5.82 Å². The van der Waals surface area contributed by atoms with Crippen molar-refractivity contribution >= 4 is 53.3 Å². The highest BCUT2D eigenvalue weighted by Crippen LogP contribution is 2.41. The summed E-state index contributed by atoms with van der Waals surface area (Å²) in [6.07, 6.45) is 1.95. The van der Waals surface area contributed by atoms with Gasteiger partial charge in [0, 0.05) is 32.4 Å². The molecule has 0 spiro atoms. The van der Waals surface area contributed by atoms with Gasteiger partial charge in [0.05, 0.1) is 15.7 Å². The Hall–Kier alpha value is -4.73. The molecule has 0 saturated carbocycles. The van der Waals surface area contributed by atoms with E-state index in [-0.39, 0.29) is 0 Å². The minimum absolute atomic E-state index is 0.989. The number of rotatable bonds is 3. The number of thiophene rings is 1. The van der Waals surface area contributed by atoms with Crippen LogP contribution < -0.4 is 0 Å². The molecular formula is C35H22N2S. The molecule has 0 amide bonds. The molecule has 178 valence electrons. The summed E-state index contributed by atoms with van der Waals surface area (Å²) in [5.74, 6) is 0.989. The van der Waals surface area contributed by atoms with Crippen molar-refractivity contribution < 1.29 is 0 Å². The van der Waals surface area contributed by atoms with Crippen LogP contribution in [-0.2, 0) is 0 Å². The van der Waals surface area contributed by atoms with Crippen LogP contribution in [0.3, 0.4) is 0 Å². The summed E-state index contributed by atoms with van der Waals surface area (Å²) < 4.78 is 4.85. The number of aromatic nitrogens is 2. The van der Waals surface area contributed by atoms with Gasteiger partial charge in [-0.25, -0.2) is 4.98 Å². The fourth-order valence-corrected chi connectivity index (χ4v) is 6.85. The van der Waals surface area contributed by atoms with E-state index in [1.54, 1.807) is 0 Å². The lowest BCUT2D eigenvalue weighted by molar-refractivity contribution is 1.11. The second-order valence-electron chi connectivity index (χ2n) is 9.64. The van der Waals surface area contributed by atoms with E-state index in [0.29, 0.717) is 0 Å². The number of nitrogens with zero attached hydrogens (tertiary/aromatic N) is 2. The van der Waals surface area contributed by atoms with Gasteiger partial charge >= 0.3 is 0 Å². The summed E-state index contributed by atoms with van der Waals surface area (Å²) in [6, 6.07) is 45.7. The minimum atomic E-state index is 0.989. The Morgan fingerprint density at radius 2 is 1.05 bits per heavy atom. The van der Waals surface area contributed by atoms with Gasteiger partial charge in [-0.2, -0.15) is 0 Å². The van der Waals surface area contributed by atoms with Gasteiger partial charge in [0.25, 0.3) is 0 Å². The van der Waals surface area contributed by atoms with Crippen molar-refractivity contribution in [3.8, 4) is 28.1 Å². The van der Waals surface area contributed by atoms with E-state index < -0.39 is 0 Å². The second-order valence-corrected chi connectivity index (χ2v) is 10.7. The van der Waals surface area contributed by atoms with Gasteiger partial charge in [-0.05, 0) is 58.7 Å². The van der Waals surface area contributed by atoms with Gasteiger partial charge < -0.3 is 0 Å². The summed E-state index contributed by atoms with van der Waals surface area (Å²) in [5, 5.41) is 5.01. The van der Waals surface area contributed by atoms with Gasteiger partial charge in [-0.3, -0.25) is 4.57 Å². The maximum Gasteiger partial charge on any atom is 0.155 e. The molecule has 0 saturated heterocycles. The van der Waals surface area contributed by atoms with Crippen LogP contribution in [0.2, 0.25) is 0 Å².